The van der Waals surface area contributed by atoms with Crippen LogP contribution in [0.1, 0.15) is 12.0 Å². The molecule has 0 spiro atoms. The number of carbonyl (C=O) groups excluding carboxylic acids is 3. The van der Waals surface area contributed by atoms with Crippen molar-refractivity contribution in [3.63, 3.8) is 0 Å². The van der Waals surface area contributed by atoms with Crippen molar-refractivity contribution in [2.24, 2.45) is 0 Å². The molecule has 0 unspecified atom stereocenters. The van der Waals surface area contributed by atoms with Gasteiger partial charge >= 0.3 is 6.03 Å². The first-order valence-electron chi connectivity index (χ1n) is 10.3. The van der Waals surface area contributed by atoms with Gasteiger partial charge in [-0.1, -0.05) is 30.3 Å². The van der Waals surface area contributed by atoms with Crippen LogP contribution < -0.4 is 15.0 Å². The van der Waals surface area contributed by atoms with Gasteiger partial charge in [-0.3, -0.25) is 9.59 Å². The quantitative estimate of drug-likeness (QED) is 0.551. The molecule has 1 saturated heterocycles. The van der Waals surface area contributed by atoms with Crippen molar-refractivity contribution in [1.29, 1.82) is 0 Å². The molecule has 1 heterocycles. The van der Waals surface area contributed by atoms with Gasteiger partial charge in [-0.15, -0.1) is 0 Å². The van der Waals surface area contributed by atoms with Crippen LogP contribution >= 0.6 is 0 Å². The number of anilines is 2. The number of ether oxygens (including phenoxy) is 1. The second kappa shape index (κ2) is 9.52. The summed E-state index contributed by atoms with van der Waals surface area (Å²) in [4.78, 5) is 41.6. The van der Waals surface area contributed by atoms with E-state index >= 15 is 0 Å². The van der Waals surface area contributed by atoms with Gasteiger partial charge in [0.1, 0.15) is 17.6 Å². The van der Waals surface area contributed by atoms with Crippen molar-refractivity contribution >= 4 is 29.2 Å². The number of nitrogens with one attached hydrogen (secondary N) is 1. The van der Waals surface area contributed by atoms with Gasteiger partial charge in [0.05, 0.1) is 19.2 Å². The van der Waals surface area contributed by atoms with E-state index in [1.165, 1.54) is 36.3 Å². The highest BCUT2D eigenvalue weighted by atomic mass is 19.1. The second-order valence-corrected chi connectivity index (χ2v) is 7.55. The Morgan fingerprint density at radius 2 is 1.73 bits per heavy atom. The first kappa shape index (κ1) is 22.0. The number of carbonyl (C=O) groups is 3. The molecule has 4 rings (SSSR count). The molecular weight excluding hydrogens is 425 g/mol. The Balaban J connectivity index is 1.62. The van der Waals surface area contributed by atoms with Crippen molar-refractivity contribution in [2.75, 3.05) is 17.3 Å². The largest absolute Gasteiger partial charge is 0.497 e. The van der Waals surface area contributed by atoms with Gasteiger partial charge in [0.25, 0.3) is 5.91 Å². The molecule has 1 fully saturated rings. The highest BCUT2D eigenvalue weighted by Gasteiger charge is 2.46. The molecule has 8 heteroatoms. The van der Waals surface area contributed by atoms with E-state index in [0.29, 0.717) is 11.4 Å². The maximum Gasteiger partial charge on any atom is 0.332 e. The zero-order valence-corrected chi connectivity index (χ0v) is 17.9. The van der Waals surface area contributed by atoms with E-state index in [9.17, 15) is 18.8 Å². The van der Waals surface area contributed by atoms with Gasteiger partial charge in [-0.05, 0) is 54.1 Å². The van der Waals surface area contributed by atoms with E-state index in [2.05, 4.69) is 5.32 Å². The number of halogens is 1. The molecule has 1 aliphatic rings. The van der Waals surface area contributed by atoms with E-state index in [-0.39, 0.29) is 18.7 Å². The third-order valence-corrected chi connectivity index (χ3v) is 5.33. The van der Waals surface area contributed by atoms with Crippen LogP contribution in [0.2, 0.25) is 0 Å². The van der Waals surface area contributed by atoms with Gasteiger partial charge in [-0.25, -0.2) is 14.1 Å². The lowest BCUT2D eigenvalue weighted by molar-refractivity contribution is -0.124. The molecule has 0 radical (unpaired) electrons. The molecule has 7 nitrogen and oxygen atoms in total. The summed E-state index contributed by atoms with van der Waals surface area (Å²) in [5, 5.41) is 2.75. The minimum absolute atomic E-state index is 0.1000. The lowest BCUT2D eigenvalue weighted by Crippen LogP contribution is -2.37. The van der Waals surface area contributed by atoms with Gasteiger partial charge < -0.3 is 15.0 Å². The number of methoxy groups -OCH3 is 1. The minimum atomic E-state index is -1.02. The van der Waals surface area contributed by atoms with Crippen LogP contribution in [0, 0.1) is 5.82 Å². The number of hydrogen-bond acceptors (Lipinski definition) is 4. The predicted molar refractivity (Wildman–Crippen MR) is 121 cm³/mol. The number of para-hydroxylation sites is 1. The van der Waals surface area contributed by atoms with E-state index in [1.54, 1.807) is 42.5 Å². The lowest BCUT2D eigenvalue weighted by Gasteiger charge is -2.22. The molecule has 3 aromatic rings. The Bertz CT molecular complexity index is 1170. The van der Waals surface area contributed by atoms with Gasteiger partial charge in [-0.2, -0.15) is 0 Å². The SMILES string of the molecule is COc1cccc(CN2C(=O)N(c3ccc(F)cc3)C(=O)[C@@H]2CC(=O)Nc2ccccc2)c1. The molecule has 33 heavy (non-hydrogen) atoms. The molecule has 1 aliphatic heterocycles. The summed E-state index contributed by atoms with van der Waals surface area (Å²) in [6.45, 7) is 0.1000. The molecule has 0 bridgehead atoms. The monoisotopic (exact) mass is 447 g/mol. The van der Waals surface area contributed by atoms with Crippen LogP contribution in [0.4, 0.5) is 20.6 Å². The molecular formula is C25H22FN3O4. The van der Waals surface area contributed by atoms with Crippen LogP contribution in [0.5, 0.6) is 5.75 Å². The average molecular weight is 447 g/mol. The topological polar surface area (TPSA) is 79.0 Å². The Hall–Kier alpha value is -4.20. The standard InChI is InChI=1S/C25H22FN3O4/c1-33-21-9-5-6-17(14-21)16-28-22(15-23(30)27-19-7-3-2-4-8-19)24(31)29(25(28)32)20-12-10-18(26)11-13-20/h2-14,22H,15-16H2,1H3,(H,27,30)/t22-/m0/s1. The van der Waals surface area contributed by atoms with Crippen molar-refractivity contribution < 1.29 is 23.5 Å². The first-order valence-corrected chi connectivity index (χ1v) is 10.3. The van der Waals surface area contributed by atoms with Crippen LogP contribution in [0.25, 0.3) is 0 Å². The number of imide groups is 1. The first-order chi connectivity index (χ1) is 16.0. The van der Waals surface area contributed by atoms with Crippen molar-refractivity contribution in [2.45, 2.75) is 19.0 Å². The minimum Gasteiger partial charge on any atom is -0.497 e. The Morgan fingerprint density at radius 1 is 1.00 bits per heavy atom. The summed E-state index contributed by atoms with van der Waals surface area (Å²) in [6, 6.07) is 19.5. The fourth-order valence-corrected chi connectivity index (χ4v) is 3.72. The van der Waals surface area contributed by atoms with E-state index in [0.717, 1.165) is 10.5 Å². The van der Waals surface area contributed by atoms with Crippen LogP contribution in [-0.2, 0) is 16.1 Å². The molecule has 0 aromatic heterocycles. The summed E-state index contributed by atoms with van der Waals surface area (Å²) in [5.74, 6) is -0.814. The van der Waals surface area contributed by atoms with E-state index in [1.807, 2.05) is 12.1 Å². The Morgan fingerprint density at radius 3 is 2.42 bits per heavy atom. The van der Waals surface area contributed by atoms with Crippen LogP contribution in [0.3, 0.4) is 0 Å². The molecule has 168 valence electrons. The van der Waals surface area contributed by atoms with Crippen LogP contribution in [0.15, 0.2) is 78.9 Å². The molecule has 4 amide bonds. The van der Waals surface area contributed by atoms with E-state index < -0.39 is 29.7 Å². The number of rotatable bonds is 7. The zero-order chi connectivity index (χ0) is 23.4. The smallest absolute Gasteiger partial charge is 0.332 e. The van der Waals surface area contributed by atoms with Gasteiger partial charge in [0.2, 0.25) is 5.91 Å². The molecule has 0 saturated carbocycles. The predicted octanol–water partition coefficient (Wildman–Crippen LogP) is 4.20. The van der Waals surface area contributed by atoms with Crippen LogP contribution in [-0.4, -0.2) is 35.9 Å². The number of nitrogens with zero attached hydrogens (tertiary/aromatic N) is 2. The third kappa shape index (κ3) is 4.85. The number of urea groups is 1. The van der Waals surface area contributed by atoms with E-state index in [4.69, 9.17) is 4.74 Å². The second-order valence-electron chi connectivity index (χ2n) is 7.55. The summed E-state index contributed by atoms with van der Waals surface area (Å²) >= 11 is 0. The summed E-state index contributed by atoms with van der Waals surface area (Å²) in [6.07, 6.45) is -0.221. The molecule has 0 aliphatic carbocycles. The highest BCUT2D eigenvalue weighted by Crippen LogP contribution is 2.29. The van der Waals surface area contributed by atoms with Gasteiger partial charge in [0, 0.05) is 12.2 Å². The molecule has 1 atom stereocenters. The Kier molecular flexibility index (Phi) is 6.35. The van der Waals surface area contributed by atoms with Crippen molar-refractivity contribution in [3.05, 3.63) is 90.2 Å². The number of hydrogen-bond donors (Lipinski definition) is 1. The Labute approximate surface area is 190 Å². The lowest BCUT2D eigenvalue weighted by atomic mass is 10.1. The third-order valence-electron chi connectivity index (χ3n) is 5.33. The maximum atomic E-state index is 13.4. The molecule has 3 aromatic carbocycles. The zero-order valence-electron chi connectivity index (χ0n) is 17.9. The summed E-state index contributed by atoms with van der Waals surface area (Å²) < 4.78 is 18.6. The summed E-state index contributed by atoms with van der Waals surface area (Å²) in [7, 11) is 1.54. The number of benzene rings is 3. The van der Waals surface area contributed by atoms with Gasteiger partial charge in [0.15, 0.2) is 0 Å². The average Bonchev–Trinajstić information content (AvgIpc) is 3.04. The van der Waals surface area contributed by atoms with Crippen molar-refractivity contribution in [1.82, 2.24) is 4.90 Å². The molecule has 1 N–H and O–H groups in total. The fourth-order valence-electron chi connectivity index (χ4n) is 3.72. The maximum absolute atomic E-state index is 13.4. The summed E-state index contributed by atoms with van der Waals surface area (Å²) in [5.41, 5.74) is 1.58. The normalized spacial score (nSPS) is 15.6. The fraction of sp³-hybridized carbons (Fsp3) is 0.160. The highest BCUT2D eigenvalue weighted by molar-refractivity contribution is 6.22. The number of amides is 4. The van der Waals surface area contributed by atoms with Crippen molar-refractivity contribution in [3.8, 4) is 5.75 Å².